The summed E-state index contributed by atoms with van der Waals surface area (Å²) < 4.78 is 6.01. The minimum absolute atomic E-state index is 0.210. The number of hydrogen-bond acceptors (Lipinski definition) is 3. The van der Waals surface area contributed by atoms with Crippen molar-refractivity contribution in [2.24, 2.45) is 28.3 Å². The standard InChI is InChI=1S/C24H38N4O/c1-3-7-23(19(2)29-18-22-8-5-4-6-9-22)14-15-27-16-20-10-12-21(13-11-20)17-28-24(25)26/h3-9,20-21,27H,10-18H2,1-2H3,(H4,25,26,28)/b7-3-,23-19-. The molecule has 0 bridgehead atoms. The van der Waals surface area contributed by atoms with Crippen molar-refractivity contribution < 1.29 is 4.74 Å². The van der Waals surface area contributed by atoms with Crippen LogP contribution in [-0.2, 0) is 11.3 Å². The summed E-state index contributed by atoms with van der Waals surface area (Å²) in [5.74, 6) is 2.62. The third-order valence-electron chi connectivity index (χ3n) is 5.62. The number of nitrogens with one attached hydrogen (secondary N) is 1. The maximum absolute atomic E-state index is 6.01. The van der Waals surface area contributed by atoms with E-state index in [2.05, 4.69) is 48.4 Å². The van der Waals surface area contributed by atoms with E-state index in [9.17, 15) is 0 Å². The Labute approximate surface area is 176 Å². The highest BCUT2D eigenvalue weighted by atomic mass is 16.5. The predicted octanol–water partition coefficient (Wildman–Crippen LogP) is 4.11. The highest BCUT2D eigenvalue weighted by Gasteiger charge is 2.20. The molecule has 5 N–H and O–H groups in total. The predicted molar refractivity (Wildman–Crippen MR) is 122 cm³/mol. The molecule has 1 saturated carbocycles. The number of benzene rings is 1. The number of hydrogen-bond donors (Lipinski definition) is 3. The molecule has 0 saturated heterocycles. The molecule has 1 aliphatic rings. The molecule has 1 aromatic carbocycles. The lowest BCUT2D eigenvalue weighted by Crippen LogP contribution is -2.29. The second kappa shape index (κ2) is 13.0. The first-order valence-electron chi connectivity index (χ1n) is 10.8. The molecule has 1 aliphatic carbocycles. The Bertz CT molecular complexity index is 669. The van der Waals surface area contributed by atoms with Crippen LogP contribution in [0, 0.1) is 11.8 Å². The van der Waals surface area contributed by atoms with E-state index >= 15 is 0 Å². The molecule has 2 rings (SSSR count). The summed E-state index contributed by atoms with van der Waals surface area (Å²) in [6.45, 7) is 7.57. The van der Waals surface area contributed by atoms with Gasteiger partial charge in [-0.05, 0) is 82.0 Å². The first-order valence-corrected chi connectivity index (χ1v) is 10.8. The SMILES string of the molecule is C/C=C\C(CCNCC1CCC(CN=C(N)N)CC1)=C(/C)OCc1ccccc1. The average molecular weight is 399 g/mol. The van der Waals surface area contributed by atoms with Crippen LogP contribution < -0.4 is 16.8 Å². The van der Waals surface area contributed by atoms with E-state index in [-0.39, 0.29) is 5.96 Å². The maximum atomic E-state index is 6.01. The zero-order valence-corrected chi connectivity index (χ0v) is 18.1. The van der Waals surface area contributed by atoms with Crippen LogP contribution in [0.3, 0.4) is 0 Å². The van der Waals surface area contributed by atoms with Gasteiger partial charge in [0, 0.05) is 6.54 Å². The highest BCUT2D eigenvalue weighted by Crippen LogP contribution is 2.28. The topological polar surface area (TPSA) is 85.7 Å². The Morgan fingerprint density at radius 3 is 2.48 bits per heavy atom. The van der Waals surface area contributed by atoms with Crippen molar-refractivity contribution in [1.82, 2.24) is 5.32 Å². The molecule has 29 heavy (non-hydrogen) atoms. The van der Waals surface area contributed by atoms with Crippen LogP contribution in [0.15, 0.2) is 58.8 Å². The third kappa shape index (κ3) is 9.18. The minimum atomic E-state index is 0.210. The molecule has 5 heteroatoms. The van der Waals surface area contributed by atoms with Crippen LogP contribution in [0.2, 0.25) is 0 Å². The smallest absolute Gasteiger partial charge is 0.185 e. The van der Waals surface area contributed by atoms with Crippen molar-refractivity contribution in [3.05, 3.63) is 59.4 Å². The third-order valence-corrected chi connectivity index (χ3v) is 5.62. The minimum Gasteiger partial charge on any atom is -0.493 e. The first-order chi connectivity index (χ1) is 14.1. The lowest BCUT2D eigenvalue weighted by Gasteiger charge is -2.27. The number of nitrogens with two attached hydrogens (primary N) is 2. The fourth-order valence-corrected chi connectivity index (χ4v) is 3.82. The van der Waals surface area contributed by atoms with Crippen molar-refractivity contribution in [2.45, 2.75) is 52.6 Å². The van der Waals surface area contributed by atoms with Gasteiger partial charge in [0.1, 0.15) is 6.61 Å². The van der Waals surface area contributed by atoms with E-state index in [0.29, 0.717) is 12.5 Å². The Balaban J connectivity index is 1.69. The maximum Gasteiger partial charge on any atom is 0.185 e. The van der Waals surface area contributed by atoms with Crippen molar-refractivity contribution in [2.75, 3.05) is 19.6 Å². The van der Waals surface area contributed by atoms with Crippen LogP contribution in [0.5, 0.6) is 0 Å². The summed E-state index contributed by atoms with van der Waals surface area (Å²) in [5.41, 5.74) is 13.3. The van der Waals surface area contributed by atoms with Crippen molar-refractivity contribution in [3.63, 3.8) is 0 Å². The number of aliphatic imine (C=N–C) groups is 1. The van der Waals surface area contributed by atoms with Crippen molar-refractivity contribution in [3.8, 4) is 0 Å². The molecule has 0 atom stereocenters. The molecule has 1 fully saturated rings. The van der Waals surface area contributed by atoms with Gasteiger partial charge in [-0.25, -0.2) is 0 Å². The van der Waals surface area contributed by atoms with Gasteiger partial charge in [-0.1, -0.05) is 42.5 Å². The lowest BCUT2D eigenvalue weighted by molar-refractivity contribution is 0.197. The molecular weight excluding hydrogens is 360 g/mol. The molecule has 5 nitrogen and oxygen atoms in total. The summed E-state index contributed by atoms with van der Waals surface area (Å²) in [7, 11) is 0. The summed E-state index contributed by atoms with van der Waals surface area (Å²) in [6, 6.07) is 10.3. The molecule has 0 aliphatic heterocycles. The van der Waals surface area contributed by atoms with Gasteiger partial charge in [-0.3, -0.25) is 4.99 Å². The fourth-order valence-electron chi connectivity index (χ4n) is 3.82. The number of allylic oxidation sites excluding steroid dienone is 3. The van der Waals surface area contributed by atoms with Crippen LogP contribution >= 0.6 is 0 Å². The summed E-state index contributed by atoms with van der Waals surface area (Å²) in [6.07, 6.45) is 10.2. The fraction of sp³-hybridized carbons (Fsp3) is 0.542. The van der Waals surface area contributed by atoms with E-state index < -0.39 is 0 Å². The van der Waals surface area contributed by atoms with E-state index in [1.54, 1.807) is 0 Å². The number of rotatable bonds is 11. The molecule has 0 radical (unpaired) electrons. The molecule has 1 aromatic rings. The normalized spacial score (nSPS) is 20.3. The Hall–Kier alpha value is -2.27. The molecule has 0 heterocycles. The Morgan fingerprint density at radius 1 is 1.14 bits per heavy atom. The molecule has 0 amide bonds. The highest BCUT2D eigenvalue weighted by molar-refractivity contribution is 5.75. The van der Waals surface area contributed by atoms with E-state index in [4.69, 9.17) is 16.2 Å². The second-order valence-corrected chi connectivity index (χ2v) is 7.96. The summed E-state index contributed by atoms with van der Waals surface area (Å²) >= 11 is 0. The van der Waals surface area contributed by atoms with Gasteiger partial charge in [0.25, 0.3) is 0 Å². The van der Waals surface area contributed by atoms with E-state index in [1.165, 1.54) is 36.8 Å². The molecule has 0 aromatic heterocycles. The van der Waals surface area contributed by atoms with Gasteiger partial charge in [0.05, 0.1) is 5.76 Å². The largest absolute Gasteiger partial charge is 0.493 e. The number of ether oxygens (including phenoxy) is 1. The van der Waals surface area contributed by atoms with Crippen LogP contribution in [0.1, 0.15) is 51.5 Å². The Morgan fingerprint density at radius 2 is 1.83 bits per heavy atom. The van der Waals surface area contributed by atoms with E-state index in [1.807, 2.05) is 18.2 Å². The van der Waals surface area contributed by atoms with Gasteiger partial charge in [0.2, 0.25) is 0 Å². The summed E-state index contributed by atoms with van der Waals surface area (Å²) in [5, 5.41) is 3.65. The van der Waals surface area contributed by atoms with Gasteiger partial charge in [-0.2, -0.15) is 0 Å². The zero-order chi connectivity index (χ0) is 20.9. The Kier molecular flexibility index (Phi) is 10.4. The van der Waals surface area contributed by atoms with Crippen LogP contribution in [0.25, 0.3) is 0 Å². The number of guanidine groups is 1. The van der Waals surface area contributed by atoms with Gasteiger partial charge in [-0.15, -0.1) is 0 Å². The quantitative estimate of drug-likeness (QED) is 0.172. The van der Waals surface area contributed by atoms with Crippen LogP contribution in [0.4, 0.5) is 0 Å². The molecule has 0 unspecified atom stereocenters. The monoisotopic (exact) mass is 398 g/mol. The molecule has 160 valence electrons. The van der Waals surface area contributed by atoms with Crippen LogP contribution in [-0.4, -0.2) is 25.6 Å². The number of nitrogens with zero attached hydrogens (tertiary/aromatic N) is 1. The first kappa shape index (κ1) is 23.0. The van der Waals surface area contributed by atoms with E-state index in [0.717, 1.165) is 37.7 Å². The van der Waals surface area contributed by atoms with Gasteiger partial charge >= 0.3 is 0 Å². The lowest BCUT2D eigenvalue weighted by atomic mass is 9.82. The average Bonchev–Trinajstić information content (AvgIpc) is 2.74. The molecular formula is C24H38N4O. The summed E-state index contributed by atoms with van der Waals surface area (Å²) in [4.78, 5) is 4.17. The second-order valence-electron chi connectivity index (χ2n) is 7.96. The van der Waals surface area contributed by atoms with Gasteiger partial charge < -0.3 is 21.5 Å². The molecule has 0 spiro atoms. The van der Waals surface area contributed by atoms with Gasteiger partial charge in [0.15, 0.2) is 5.96 Å². The van der Waals surface area contributed by atoms with Crippen molar-refractivity contribution in [1.29, 1.82) is 0 Å². The van der Waals surface area contributed by atoms with Crippen molar-refractivity contribution >= 4 is 5.96 Å². The zero-order valence-electron chi connectivity index (χ0n) is 18.1.